The SMILES string of the molecule is CCOC(c1ccccc1)c1ncc(C(=O)O)s1. The van der Waals surface area contributed by atoms with Crippen molar-refractivity contribution in [1.82, 2.24) is 4.98 Å². The van der Waals surface area contributed by atoms with Gasteiger partial charge in [-0.2, -0.15) is 0 Å². The molecule has 0 spiro atoms. The summed E-state index contributed by atoms with van der Waals surface area (Å²) in [4.78, 5) is 15.2. The van der Waals surface area contributed by atoms with E-state index in [0.717, 1.165) is 16.9 Å². The molecule has 1 N–H and O–H groups in total. The lowest BCUT2D eigenvalue weighted by Gasteiger charge is -2.14. The number of thiazole rings is 1. The Morgan fingerprint density at radius 2 is 2.17 bits per heavy atom. The quantitative estimate of drug-likeness (QED) is 0.901. The minimum atomic E-state index is -0.956. The van der Waals surface area contributed by atoms with Gasteiger partial charge in [0, 0.05) is 6.61 Å². The molecule has 1 aromatic heterocycles. The van der Waals surface area contributed by atoms with Gasteiger partial charge < -0.3 is 9.84 Å². The Labute approximate surface area is 109 Å². The molecule has 18 heavy (non-hydrogen) atoms. The monoisotopic (exact) mass is 263 g/mol. The van der Waals surface area contributed by atoms with Crippen molar-refractivity contribution in [2.24, 2.45) is 0 Å². The number of benzene rings is 1. The summed E-state index contributed by atoms with van der Waals surface area (Å²) >= 11 is 1.15. The number of hydrogen-bond donors (Lipinski definition) is 1. The number of carboxylic acid groups (broad SMARTS) is 1. The van der Waals surface area contributed by atoms with Crippen LogP contribution < -0.4 is 0 Å². The predicted molar refractivity (Wildman–Crippen MR) is 69.0 cm³/mol. The molecular formula is C13H13NO3S. The van der Waals surface area contributed by atoms with E-state index >= 15 is 0 Å². The number of carboxylic acids is 1. The topological polar surface area (TPSA) is 59.4 Å². The average Bonchev–Trinajstić information content (AvgIpc) is 2.86. The third-order valence-corrected chi connectivity index (χ3v) is 3.42. The first-order valence-electron chi connectivity index (χ1n) is 5.58. The lowest BCUT2D eigenvalue weighted by molar-refractivity contribution is 0.0702. The molecule has 2 rings (SSSR count). The number of carbonyl (C=O) groups is 1. The van der Waals surface area contributed by atoms with Crippen molar-refractivity contribution >= 4 is 17.3 Å². The highest BCUT2D eigenvalue weighted by Crippen LogP contribution is 2.29. The van der Waals surface area contributed by atoms with E-state index in [4.69, 9.17) is 9.84 Å². The van der Waals surface area contributed by atoms with Crippen LogP contribution in [0.15, 0.2) is 36.5 Å². The van der Waals surface area contributed by atoms with E-state index < -0.39 is 5.97 Å². The van der Waals surface area contributed by atoms with Gasteiger partial charge in [-0.3, -0.25) is 0 Å². The van der Waals surface area contributed by atoms with Crippen LogP contribution in [-0.4, -0.2) is 22.7 Å². The van der Waals surface area contributed by atoms with Crippen molar-refractivity contribution < 1.29 is 14.6 Å². The maximum absolute atomic E-state index is 10.9. The molecule has 0 saturated carbocycles. The summed E-state index contributed by atoms with van der Waals surface area (Å²) in [7, 11) is 0. The molecule has 4 nitrogen and oxygen atoms in total. The summed E-state index contributed by atoms with van der Waals surface area (Å²) in [5.41, 5.74) is 0.977. The number of nitrogens with zero attached hydrogens (tertiary/aromatic N) is 1. The van der Waals surface area contributed by atoms with Gasteiger partial charge in [0.25, 0.3) is 0 Å². The maximum Gasteiger partial charge on any atom is 0.347 e. The Hall–Kier alpha value is -1.72. The molecule has 0 bridgehead atoms. The number of aromatic carboxylic acids is 1. The average molecular weight is 263 g/mol. The van der Waals surface area contributed by atoms with Crippen LogP contribution in [0.5, 0.6) is 0 Å². The van der Waals surface area contributed by atoms with Crippen molar-refractivity contribution in [3.8, 4) is 0 Å². The molecule has 0 fully saturated rings. The smallest absolute Gasteiger partial charge is 0.347 e. The third-order valence-electron chi connectivity index (χ3n) is 2.39. The van der Waals surface area contributed by atoms with Crippen LogP contribution in [0.1, 0.15) is 33.3 Å². The Morgan fingerprint density at radius 3 is 2.72 bits per heavy atom. The Bertz CT molecular complexity index is 524. The van der Waals surface area contributed by atoms with E-state index in [2.05, 4.69) is 4.98 Å². The summed E-state index contributed by atoms with van der Waals surface area (Å²) in [5.74, 6) is -0.956. The van der Waals surface area contributed by atoms with Crippen molar-refractivity contribution in [3.63, 3.8) is 0 Å². The lowest BCUT2D eigenvalue weighted by atomic mass is 10.1. The van der Waals surface area contributed by atoms with Crippen LogP contribution in [0.2, 0.25) is 0 Å². The number of rotatable bonds is 5. The molecule has 5 heteroatoms. The molecule has 2 aromatic rings. The second kappa shape index (κ2) is 5.75. The highest BCUT2D eigenvalue weighted by molar-refractivity contribution is 7.13. The van der Waals surface area contributed by atoms with Crippen molar-refractivity contribution in [2.75, 3.05) is 6.61 Å². The molecule has 0 amide bonds. The Kier molecular flexibility index (Phi) is 4.07. The fourth-order valence-corrected chi connectivity index (χ4v) is 2.45. The highest BCUT2D eigenvalue weighted by Gasteiger charge is 2.19. The second-order valence-corrected chi connectivity index (χ2v) is 4.68. The van der Waals surface area contributed by atoms with Crippen LogP contribution in [0.4, 0.5) is 0 Å². The van der Waals surface area contributed by atoms with Gasteiger partial charge in [0.05, 0.1) is 6.20 Å². The zero-order valence-electron chi connectivity index (χ0n) is 9.87. The minimum absolute atomic E-state index is 0.227. The van der Waals surface area contributed by atoms with Crippen molar-refractivity contribution in [2.45, 2.75) is 13.0 Å². The van der Waals surface area contributed by atoms with Gasteiger partial charge in [0.1, 0.15) is 16.0 Å². The number of ether oxygens (including phenoxy) is 1. The molecule has 94 valence electrons. The first kappa shape index (κ1) is 12.7. The predicted octanol–water partition coefficient (Wildman–Crippen LogP) is 2.97. The van der Waals surface area contributed by atoms with E-state index in [1.54, 1.807) is 0 Å². The fourth-order valence-electron chi connectivity index (χ4n) is 1.61. The van der Waals surface area contributed by atoms with E-state index in [1.165, 1.54) is 6.20 Å². The largest absolute Gasteiger partial charge is 0.477 e. The molecule has 1 heterocycles. The summed E-state index contributed by atoms with van der Waals surface area (Å²) < 4.78 is 5.66. The van der Waals surface area contributed by atoms with Gasteiger partial charge in [0.15, 0.2) is 0 Å². The lowest BCUT2D eigenvalue weighted by Crippen LogP contribution is -2.05. The molecule has 0 aliphatic carbocycles. The third kappa shape index (κ3) is 2.75. The standard InChI is InChI=1S/C13H13NO3S/c1-2-17-11(9-6-4-3-5-7-9)12-14-8-10(18-12)13(15)16/h3-8,11H,2H2,1H3,(H,15,16). The van der Waals surface area contributed by atoms with Gasteiger partial charge in [-0.15, -0.1) is 11.3 Å². The normalized spacial score (nSPS) is 12.3. The van der Waals surface area contributed by atoms with Crippen molar-refractivity contribution in [1.29, 1.82) is 0 Å². The van der Waals surface area contributed by atoms with Crippen LogP contribution in [0.25, 0.3) is 0 Å². The summed E-state index contributed by atoms with van der Waals surface area (Å²) in [6, 6.07) is 9.67. The molecule has 1 atom stereocenters. The molecular weight excluding hydrogens is 250 g/mol. The van der Waals surface area contributed by atoms with E-state index in [-0.39, 0.29) is 11.0 Å². The summed E-state index contributed by atoms with van der Waals surface area (Å²) in [6.45, 7) is 2.45. The molecule has 0 saturated heterocycles. The van der Waals surface area contributed by atoms with E-state index in [1.807, 2.05) is 37.3 Å². The molecule has 1 unspecified atom stereocenters. The molecule has 0 radical (unpaired) electrons. The highest BCUT2D eigenvalue weighted by atomic mass is 32.1. The Balaban J connectivity index is 2.32. The Morgan fingerprint density at radius 1 is 1.44 bits per heavy atom. The zero-order valence-corrected chi connectivity index (χ0v) is 10.7. The van der Waals surface area contributed by atoms with Crippen LogP contribution in [0, 0.1) is 0 Å². The first-order chi connectivity index (χ1) is 8.72. The van der Waals surface area contributed by atoms with Gasteiger partial charge in [-0.05, 0) is 12.5 Å². The second-order valence-electron chi connectivity index (χ2n) is 3.61. The van der Waals surface area contributed by atoms with Gasteiger partial charge in [-0.25, -0.2) is 9.78 Å². The van der Waals surface area contributed by atoms with E-state index in [9.17, 15) is 4.79 Å². The van der Waals surface area contributed by atoms with Gasteiger partial charge in [-0.1, -0.05) is 30.3 Å². The molecule has 0 aliphatic rings. The summed E-state index contributed by atoms with van der Waals surface area (Å²) in [5, 5.41) is 9.58. The number of hydrogen-bond acceptors (Lipinski definition) is 4. The van der Waals surface area contributed by atoms with Crippen LogP contribution in [0.3, 0.4) is 0 Å². The zero-order chi connectivity index (χ0) is 13.0. The first-order valence-corrected chi connectivity index (χ1v) is 6.39. The van der Waals surface area contributed by atoms with Crippen LogP contribution >= 0.6 is 11.3 Å². The maximum atomic E-state index is 10.9. The molecule has 0 aliphatic heterocycles. The van der Waals surface area contributed by atoms with Crippen LogP contribution in [-0.2, 0) is 4.74 Å². The van der Waals surface area contributed by atoms with E-state index in [0.29, 0.717) is 11.6 Å². The minimum Gasteiger partial charge on any atom is -0.477 e. The summed E-state index contributed by atoms with van der Waals surface area (Å²) in [6.07, 6.45) is 1.08. The molecule has 1 aromatic carbocycles. The van der Waals surface area contributed by atoms with Gasteiger partial charge >= 0.3 is 5.97 Å². The fraction of sp³-hybridized carbons (Fsp3) is 0.231. The number of aromatic nitrogens is 1. The van der Waals surface area contributed by atoms with Gasteiger partial charge in [0.2, 0.25) is 0 Å². The van der Waals surface area contributed by atoms with Crippen molar-refractivity contribution in [3.05, 3.63) is 52.0 Å².